The monoisotopic (exact) mass is 459 g/mol. The zero-order valence-corrected chi connectivity index (χ0v) is 18.9. The molecule has 174 valence electrons. The van der Waals surface area contributed by atoms with Gasteiger partial charge >= 0.3 is 12.1 Å². The third-order valence-corrected chi connectivity index (χ3v) is 5.89. The fourth-order valence-electron chi connectivity index (χ4n) is 4.11. The molecule has 0 fully saturated rings. The number of amides is 2. The van der Waals surface area contributed by atoms with Gasteiger partial charge < -0.3 is 14.7 Å². The molecular weight excluding hydrogens is 434 g/mol. The van der Waals surface area contributed by atoms with Crippen LogP contribution in [0.15, 0.2) is 66.9 Å². The van der Waals surface area contributed by atoms with E-state index in [0.29, 0.717) is 5.69 Å². The van der Waals surface area contributed by atoms with Crippen molar-refractivity contribution in [3.05, 3.63) is 83.7 Å². The van der Waals surface area contributed by atoms with Crippen LogP contribution >= 0.6 is 0 Å². The van der Waals surface area contributed by atoms with Gasteiger partial charge in [0, 0.05) is 19.5 Å². The Labute approximate surface area is 197 Å². The van der Waals surface area contributed by atoms with Gasteiger partial charge in [0.05, 0.1) is 17.8 Å². The van der Waals surface area contributed by atoms with Crippen LogP contribution in [-0.2, 0) is 9.53 Å². The van der Waals surface area contributed by atoms with Gasteiger partial charge in [0.2, 0.25) is 0 Å². The number of ether oxygens (including phenoxy) is 1. The van der Waals surface area contributed by atoms with E-state index in [-0.39, 0.29) is 24.8 Å². The van der Waals surface area contributed by atoms with Gasteiger partial charge in [-0.15, -0.1) is 0 Å². The first-order valence-electron chi connectivity index (χ1n) is 10.9. The average molecular weight is 460 g/mol. The van der Waals surface area contributed by atoms with E-state index in [2.05, 4.69) is 34.6 Å². The third kappa shape index (κ3) is 4.76. The van der Waals surface area contributed by atoms with Gasteiger partial charge in [0.1, 0.15) is 12.3 Å². The number of fused-ring (bicyclic) bond motifs is 3. The molecule has 2 N–H and O–H groups in total. The summed E-state index contributed by atoms with van der Waals surface area (Å²) in [6, 6.07) is 19.2. The Hall–Kier alpha value is -4.20. The van der Waals surface area contributed by atoms with Crippen LogP contribution in [0.5, 0.6) is 0 Å². The van der Waals surface area contributed by atoms with Crippen molar-refractivity contribution in [3.8, 4) is 11.1 Å². The average Bonchev–Trinajstić information content (AvgIpc) is 3.16. The molecule has 1 unspecified atom stereocenters. The summed E-state index contributed by atoms with van der Waals surface area (Å²) in [5.41, 5.74) is 5.09. The molecule has 0 radical (unpaired) electrons. The highest BCUT2D eigenvalue weighted by Crippen LogP contribution is 2.44. The topological polar surface area (TPSA) is 109 Å². The molecule has 1 atom stereocenters. The molecule has 3 aromatic rings. The molecule has 0 bridgehead atoms. The highest BCUT2D eigenvalue weighted by atomic mass is 16.5. The van der Waals surface area contributed by atoms with Crippen molar-refractivity contribution in [3.63, 3.8) is 0 Å². The van der Waals surface area contributed by atoms with Crippen molar-refractivity contribution in [2.75, 3.05) is 25.5 Å². The number of anilines is 1. The molecule has 1 aliphatic carbocycles. The van der Waals surface area contributed by atoms with E-state index in [9.17, 15) is 14.4 Å². The smallest absolute Gasteiger partial charge is 0.411 e. The maximum absolute atomic E-state index is 12.4. The number of rotatable bonds is 7. The Kier molecular flexibility index (Phi) is 6.58. The SMILES string of the molecule is CC(CN(C)C(=O)c1ccc(NC(=O)OCC2c3ccccc3-c3ccccc32)cn1)C(=O)O. The van der Waals surface area contributed by atoms with Gasteiger partial charge in [0.25, 0.3) is 5.91 Å². The third-order valence-electron chi connectivity index (χ3n) is 5.89. The van der Waals surface area contributed by atoms with E-state index < -0.39 is 23.9 Å². The standard InChI is InChI=1S/C26H25N3O5/c1-16(25(31)32)14-29(2)24(30)23-12-11-17(13-27-23)28-26(33)34-15-22-20-9-5-3-7-18(20)19-8-4-6-10-21(19)22/h3-13,16,22H,14-15H2,1-2H3,(H,28,33)(H,31,32). The van der Waals surface area contributed by atoms with E-state index in [1.165, 1.54) is 31.1 Å². The lowest BCUT2D eigenvalue weighted by atomic mass is 9.98. The number of carboxylic acid groups (broad SMARTS) is 1. The lowest BCUT2D eigenvalue weighted by Crippen LogP contribution is -2.34. The Morgan fingerprint density at radius 1 is 1.03 bits per heavy atom. The van der Waals surface area contributed by atoms with Crippen molar-refractivity contribution in [1.82, 2.24) is 9.88 Å². The first-order valence-corrected chi connectivity index (χ1v) is 10.9. The summed E-state index contributed by atoms with van der Waals surface area (Å²) < 4.78 is 5.52. The molecular formula is C26H25N3O5. The Morgan fingerprint density at radius 2 is 1.65 bits per heavy atom. The first kappa shape index (κ1) is 23.0. The zero-order valence-electron chi connectivity index (χ0n) is 18.9. The summed E-state index contributed by atoms with van der Waals surface area (Å²) in [5, 5.41) is 11.6. The van der Waals surface area contributed by atoms with Gasteiger partial charge in [-0.1, -0.05) is 55.5 Å². The number of benzene rings is 2. The Morgan fingerprint density at radius 3 is 2.21 bits per heavy atom. The van der Waals surface area contributed by atoms with Crippen LogP contribution in [0, 0.1) is 5.92 Å². The molecule has 0 aliphatic heterocycles. The molecule has 8 heteroatoms. The summed E-state index contributed by atoms with van der Waals surface area (Å²) in [6.45, 7) is 1.78. The second-order valence-electron chi connectivity index (χ2n) is 8.31. The number of pyridine rings is 1. The van der Waals surface area contributed by atoms with Crippen LogP contribution in [0.1, 0.15) is 34.5 Å². The van der Waals surface area contributed by atoms with Crippen molar-refractivity contribution in [2.24, 2.45) is 5.92 Å². The van der Waals surface area contributed by atoms with E-state index in [1.807, 2.05) is 24.3 Å². The largest absolute Gasteiger partial charge is 0.481 e. The summed E-state index contributed by atoms with van der Waals surface area (Å²) >= 11 is 0. The minimum atomic E-state index is -0.977. The molecule has 2 amide bonds. The van der Waals surface area contributed by atoms with Gasteiger partial charge in [-0.2, -0.15) is 0 Å². The minimum Gasteiger partial charge on any atom is -0.481 e. The molecule has 8 nitrogen and oxygen atoms in total. The molecule has 4 rings (SSSR count). The molecule has 1 aromatic heterocycles. The van der Waals surface area contributed by atoms with E-state index in [1.54, 1.807) is 6.07 Å². The predicted molar refractivity (Wildman–Crippen MR) is 127 cm³/mol. The fraction of sp³-hybridized carbons (Fsp3) is 0.231. The fourth-order valence-corrected chi connectivity index (χ4v) is 4.11. The maximum Gasteiger partial charge on any atom is 0.411 e. The molecule has 1 heterocycles. The number of nitrogens with zero attached hydrogens (tertiary/aromatic N) is 2. The van der Waals surface area contributed by atoms with Crippen LogP contribution < -0.4 is 5.32 Å². The highest BCUT2D eigenvalue weighted by molar-refractivity contribution is 5.93. The minimum absolute atomic E-state index is 0.0417. The molecule has 34 heavy (non-hydrogen) atoms. The van der Waals surface area contributed by atoms with Crippen molar-refractivity contribution in [1.29, 1.82) is 0 Å². The zero-order chi connectivity index (χ0) is 24.2. The predicted octanol–water partition coefficient (Wildman–Crippen LogP) is 4.24. The van der Waals surface area contributed by atoms with Crippen molar-refractivity contribution >= 4 is 23.7 Å². The van der Waals surface area contributed by atoms with Crippen molar-refractivity contribution < 1.29 is 24.2 Å². The van der Waals surface area contributed by atoms with Gasteiger partial charge in [-0.05, 0) is 34.4 Å². The molecule has 0 saturated heterocycles. The summed E-state index contributed by atoms with van der Waals surface area (Å²) in [4.78, 5) is 41.3. The quantitative estimate of drug-likeness (QED) is 0.547. The number of carboxylic acids is 1. The normalized spacial score (nSPS) is 12.9. The Bertz CT molecular complexity index is 1180. The highest BCUT2D eigenvalue weighted by Gasteiger charge is 2.29. The van der Waals surface area contributed by atoms with Gasteiger partial charge in [-0.25, -0.2) is 9.78 Å². The number of hydrogen-bond acceptors (Lipinski definition) is 5. The summed E-state index contributed by atoms with van der Waals surface area (Å²) in [5.74, 6) is -2.11. The number of carbonyl (C=O) groups excluding carboxylic acids is 2. The number of aliphatic carboxylic acids is 1. The number of hydrogen-bond donors (Lipinski definition) is 2. The summed E-state index contributed by atoms with van der Waals surface area (Å²) in [6.07, 6.45) is 0.749. The number of nitrogens with one attached hydrogen (secondary N) is 1. The van der Waals surface area contributed by atoms with Crippen LogP contribution in [0.2, 0.25) is 0 Å². The number of aromatic nitrogens is 1. The second-order valence-corrected chi connectivity index (χ2v) is 8.31. The maximum atomic E-state index is 12.4. The van der Waals surface area contributed by atoms with Crippen LogP contribution in [0.3, 0.4) is 0 Å². The van der Waals surface area contributed by atoms with Crippen molar-refractivity contribution in [2.45, 2.75) is 12.8 Å². The van der Waals surface area contributed by atoms with E-state index in [0.717, 1.165) is 22.3 Å². The first-order chi connectivity index (χ1) is 16.3. The molecule has 0 spiro atoms. The number of carbonyl (C=O) groups is 3. The summed E-state index contributed by atoms with van der Waals surface area (Å²) in [7, 11) is 1.52. The van der Waals surface area contributed by atoms with Crippen LogP contribution in [-0.4, -0.2) is 53.2 Å². The lowest BCUT2D eigenvalue weighted by molar-refractivity contribution is -0.141. The van der Waals surface area contributed by atoms with Crippen LogP contribution in [0.25, 0.3) is 11.1 Å². The molecule has 1 aliphatic rings. The molecule has 2 aromatic carbocycles. The Balaban J connectivity index is 1.35. The van der Waals surface area contributed by atoms with E-state index >= 15 is 0 Å². The molecule has 0 saturated carbocycles. The second kappa shape index (κ2) is 9.74. The van der Waals surface area contributed by atoms with Crippen LogP contribution in [0.4, 0.5) is 10.5 Å². The van der Waals surface area contributed by atoms with Gasteiger partial charge in [-0.3, -0.25) is 14.9 Å². The van der Waals surface area contributed by atoms with Gasteiger partial charge in [0.15, 0.2) is 0 Å². The lowest BCUT2D eigenvalue weighted by Gasteiger charge is -2.19. The van der Waals surface area contributed by atoms with E-state index in [4.69, 9.17) is 9.84 Å².